The monoisotopic (exact) mass is 437 g/mol. The van der Waals surface area contributed by atoms with E-state index in [9.17, 15) is 22.8 Å². The molecule has 10 heteroatoms. The van der Waals surface area contributed by atoms with Gasteiger partial charge in [-0.1, -0.05) is 0 Å². The van der Waals surface area contributed by atoms with Crippen LogP contribution in [0.15, 0.2) is 36.7 Å². The molecule has 0 radical (unpaired) electrons. The molecule has 0 bridgehead atoms. The molecule has 2 heterocycles. The number of ether oxygens (including phenoxy) is 2. The molecule has 166 valence electrons. The number of carbonyl (C=O) groups excluding carboxylic acids is 2. The summed E-state index contributed by atoms with van der Waals surface area (Å²) in [6.07, 6.45) is 0.347. The van der Waals surface area contributed by atoms with Crippen LogP contribution in [-0.4, -0.2) is 48.2 Å². The Balaban J connectivity index is 1.65. The minimum Gasteiger partial charge on any atom is -0.468 e. The SMILES string of the molecule is COCC(NC(=O)c1ccnc(CC(=O)C2CC2)c1)c1ccc(OCC(F)(F)F)nc1. The van der Waals surface area contributed by atoms with Gasteiger partial charge in [0.15, 0.2) is 6.61 Å². The van der Waals surface area contributed by atoms with Crippen LogP contribution in [0.1, 0.15) is 40.5 Å². The van der Waals surface area contributed by atoms with E-state index in [4.69, 9.17) is 4.74 Å². The van der Waals surface area contributed by atoms with Crippen molar-refractivity contribution in [2.45, 2.75) is 31.5 Å². The van der Waals surface area contributed by atoms with E-state index in [0.717, 1.165) is 12.8 Å². The number of pyridine rings is 2. The standard InChI is InChI=1S/C21H22F3N3O4/c1-30-11-17(15-4-5-19(26-10-15)31-12-21(22,23)24)27-20(29)14-6-7-25-16(8-14)9-18(28)13-2-3-13/h4-8,10,13,17H,2-3,9,11-12H2,1H3,(H,27,29). The Hall–Kier alpha value is -3.01. The molecule has 0 spiro atoms. The van der Waals surface area contributed by atoms with Gasteiger partial charge in [-0.05, 0) is 36.6 Å². The first kappa shape index (κ1) is 22.7. The second kappa shape index (κ2) is 9.86. The number of carbonyl (C=O) groups is 2. The van der Waals surface area contributed by atoms with Gasteiger partial charge in [-0.3, -0.25) is 14.6 Å². The van der Waals surface area contributed by atoms with Gasteiger partial charge in [0.25, 0.3) is 5.91 Å². The van der Waals surface area contributed by atoms with Crippen LogP contribution in [0, 0.1) is 5.92 Å². The van der Waals surface area contributed by atoms with Gasteiger partial charge in [-0.15, -0.1) is 0 Å². The van der Waals surface area contributed by atoms with Crippen molar-refractivity contribution in [3.63, 3.8) is 0 Å². The Labute approximate surface area is 177 Å². The number of rotatable bonds is 10. The number of Topliss-reactive ketones (excluding diaryl/α,β-unsaturated/α-hetero) is 1. The van der Waals surface area contributed by atoms with Crippen molar-refractivity contribution in [3.05, 3.63) is 53.5 Å². The molecule has 0 saturated heterocycles. The molecule has 3 rings (SSSR count). The van der Waals surface area contributed by atoms with Crippen LogP contribution in [0.5, 0.6) is 5.88 Å². The van der Waals surface area contributed by atoms with E-state index in [2.05, 4.69) is 20.0 Å². The highest BCUT2D eigenvalue weighted by Crippen LogP contribution is 2.30. The number of amides is 1. The quantitative estimate of drug-likeness (QED) is 0.615. The third kappa shape index (κ3) is 7.02. The van der Waals surface area contributed by atoms with Crippen molar-refractivity contribution < 1.29 is 32.2 Å². The van der Waals surface area contributed by atoms with Crippen molar-refractivity contribution in [2.75, 3.05) is 20.3 Å². The molecule has 31 heavy (non-hydrogen) atoms. The summed E-state index contributed by atoms with van der Waals surface area (Å²) in [6.45, 7) is -1.32. The maximum atomic E-state index is 12.7. The molecule has 1 amide bonds. The fraction of sp³-hybridized carbons (Fsp3) is 0.429. The summed E-state index contributed by atoms with van der Waals surface area (Å²) in [5, 5.41) is 2.80. The Morgan fingerprint density at radius 3 is 2.61 bits per heavy atom. The van der Waals surface area contributed by atoms with Crippen LogP contribution in [-0.2, 0) is 16.0 Å². The summed E-state index contributed by atoms with van der Waals surface area (Å²) < 4.78 is 46.5. The minimum absolute atomic E-state index is 0.112. The Morgan fingerprint density at radius 2 is 2.00 bits per heavy atom. The number of hydrogen-bond acceptors (Lipinski definition) is 6. The van der Waals surface area contributed by atoms with E-state index in [1.165, 1.54) is 37.7 Å². The van der Waals surface area contributed by atoms with E-state index in [-0.39, 0.29) is 30.6 Å². The van der Waals surface area contributed by atoms with Crippen LogP contribution in [0.25, 0.3) is 0 Å². The lowest BCUT2D eigenvalue weighted by Gasteiger charge is -2.19. The number of ketones is 1. The van der Waals surface area contributed by atoms with E-state index in [1.807, 2.05) is 0 Å². The average molecular weight is 437 g/mol. The molecule has 2 aromatic heterocycles. The summed E-state index contributed by atoms with van der Waals surface area (Å²) in [6, 6.07) is 5.33. The van der Waals surface area contributed by atoms with Crippen LogP contribution in [0.3, 0.4) is 0 Å². The van der Waals surface area contributed by atoms with Crippen LogP contribution in [0.4, 0.5) is 13.2 Å². The normalized spacial score (nSPS) is 14.7. The first-order valence-corrected chi connectivity index (χ1v) is 9.68. The van der Waals surface area contributed by atoms with Crippen molar-refractivity contribution in [1.82, 2.24) is 15.3 Å². The number of nitrogens with zero attached hydrogens (tertiary/aromatic N) is 2. The smallest absolute Gasteiger partial charge is 0.422 e. The molecular weight excluding hydrogens is 415 g/mol. The van der Waals surface area contributed by atoms with Crippen LogP contribution in [0.2, 0.25) is 0 Å². The number of alkyl halides is 3. The molecule has 0 aliphatic heterocycles. The van der Waals surface area contributed by atoms with Gasteiger partial charge in [0.1, 0.15) is 5.78 Å². The number of nitrogens with one attached hydrogen (secondary N) is 1. The fourth-order valence-electron chi connectivity index (χ4n) is 2.91. The van der Waals surface area contributed by atoms with Gasteiger partial charge in [0.05, 0.1) is 12.6 Å². The summed E-state index contributed by atoms with van der Waals surface area (Å²) in [5.41, 5.74) is 1.40. The van der Waals surface area contributed by atoms with Crippen molar-refractivity contribution in [3.8, 4) is 5.88 Å². The molecule has 1 fully saturated rings. The summed E-state index contributed by atoms with van der Waals surface area (Å²) in [4.78, 5) is 32.7. The summed E-state index contributed by atoms with van der Waals surface area (Å²) in [5.74, 6) is -0.341. The molecule has 1 saturated carbocycles. The largest absolute Gasteiger partial charge is 0.468 e. The first-order chi connectivity index (χ1) is 14.7. The summed E-state index contributed by atoms with van der Waals surface area (Å²) in [7, 11) is 1.46. The third-order valence-corrected chi connectivity index (χ3v) is 4.65. The summed E-state index contributed by atoms with van der Waals surface area (Å²) >= 11 is 0. The number of halogens is 3. The van der Waals surface area contributed by atoms with Gasteiger partial charge >= 0.3 is 6.18 Å². The molecule has 1 aliphatic carbocycles. The van der Waals surface area contributed by atoms with Gasteiger partial charge in [-0.2, -0.15) is 13.2 Å². The second-order valence-electron chi connectivity index (χ2n) is 7.27. The Bertz CT molecular complexity index is 915. The highest BCUT2D eigenvalue weighted by atomic mass is 19.4. The van der Waals surface area contributed by atoms with E-state index < -0.39 is 24.7 Å². The lowest BCUT2D eigenvalue weighted by molar-refractivity contribution is -0.154. The highest BCUT2D eigenvalue weighted by molar-refractivity contribution is 5.94. The van der Waals surface area contributed by atoms with Gasteiger partial charge in [0.2, 0.25) is 5.88 Å². The molecule has 0 aromatic carbocycles. The van der Waals surface area contributed by atoms with Crippen molar-refractivity contribution in [1.29, 1.82) is 0 Å². The molecule has 1 aliphatic rings. The molecular formula is C21H22F3N3O4. The zero-order chi connectivity index (χ0) is 22.4. The molecule has 2 aromatic rings. The molecule has 7 nitrogen and oxygen atoms in total. The maximum Gasteiger partial charge on any atom is 0.422 e. The number of methoxy groups -OCH3 is 1. The zero-order valence-electron chi connectivity index (χ0n) is 16.8. The third-order valence-electron chi connectivity index (χ3n) is 4.65. The topological polar surface area (TPSA) is 90.4 Å². The number of aromatic nitrogens is 2. The van der Waals surface area contributed by atoms with Gasteiger partial charge in [-0.25, -0.2) is 4.98 Å². The Morgan fingerprint density at radius 1 is 1.23 bits per heavy atom. The van der Waals surface area contributed by atoms with E-state index in [1.54, 1.807) is 6.07 Å². The lowest BCUT2D eigenvalue weighted by Crippen LogP contribution is -2.31. The van der Waals surface area contributed by atoms with E-state index in [0.29, 0.717) is 16.8 Å². The van der Waals surface area contributed by atoms with Gasteiger partial charge < -0.3 is 14.8 Å². The predicted molar refractivity (Wildman–Crippen MR) is 104 cm³/mol. The predicted octanol–water partition coefficient (Wildman–Crippen LogP) is 3.06. The molecule has 1 unspecified atom stereocenters. The maximum absolute atomic E-state index is 12.7. The van der Waals surface area contributed by atoms with Crippen molar-refractivity contribution >= 4 is 11.7 Å². The first-order valence-electron chi connectivity index (χ1n) is 9.68. The van der Waals surface area contributed by atoms with E-state index >= 15 is 0 Å². The Kier molecular flexibility index (Phi) is 7.21. The highest BCUT2D eigenvalue weighted by Gasteiger charge is 2.30. The number of hydrogen-bond donors (Lipinski definition) is 1. The minimum atomic E-state index is -4.46. The van der Waals surface area contributed by atoms with Crippen LogP contribution >= 0.6 is 0 Å². The van der Waals surface area contributed by atoms with Gasteiger partial charge in [0, 0.05) is 49.2 Å². The zero-order valence-corrected chi connectivity index (χ0v) is 16.8. The lowest BCUT2D eigenvalue weighted by atomic mass is 10.1. The van der Waals surface area contributed by atoms with Crippen molar-refractivity contribution in [2.24, 2.45) is 5.92 Å². The fourth-order valence-corrected chi connectivity index (χ4v) is 2.91. The second-order valence-corrected chi connectivity index (χ2v) is 7.27. The molecule has 1 atom stereocenters. The molecule has 1 N–H and O–H groups in total. The average Bonchev–Trinajstić information content (AvgIpc) is 3.57. The van der Waals surface area contributed by atoms with Crippen LogP contribution < -0.4 is 10.1 Å².